The molecule has 0 saturated heterocycles. The van der Waals surface area contributed by atoms with Gasteiger partial charge in [0.25, 0.3) is 0 Å². The Bertz CT molecular complexity index is 1980. The summed E-state index contributed by atoms with van der Waals surface area (Å²) in [6, 6.07) is 52.4. The van der Waals surface area contributed by atoms with Crippen LogP contribution in [0.25, 0.3) is 61.2 Å². The number of para-hydroxylation sites is 2. The van der Waals surface area contributed by atoms with Gasteiger partial charge in [-0.3, -0.25) is 4.57 Å². The highest BCUT2D eigenvalue weighted by atomic mass is 32.2. The maximum Gasteiger partial charge on any atom is 0.174 e. The van der Waals surface area contributed by atoms with Gasteiger partial charge < -0.3 is 0 Å². The summed E-state index contributed by atoms with van der Waals surface area (Å²) in [7, 11) is 0. The number of aromatic nitrogens is 2. The fraction of sp³-hybridized carbons (Fsp3) is 0.0263. The largest absolute Gasteiger partial charge is 0.287 e. The molecule has 0 amide bonds. The summed E-state index contributed by atoms with van der Waals surface area (Å²) in [4.78, 5) is 4.87. The third-order valence-electron chi connectivity index (χ3n) is 7.93. The summed E-state index contributed by atoms with van der Waals surface area (Å²) < 4.78 is 2.31. The van der Waals surface area contributed by atoms with Crippen molar-refractivity contribution in [3.05, 3.63) is 151 Å². The van der Waals surface area contributed by atoms with Crippen molar-refractivity contribution < 1.29 is 0 Å². The Morgan fingerprint density at radius 2 is 1.12 bits per heavy atom. The standard InChI is InChI=1S/C38H26N2S/c1-3-11-26(12-4-1)32-17-10-18-33(27-13-5-2-6-14-27)37(32)30-16-9-15-28(23-30)29-21-22-35-31(24-29)25-41-38-39-34-19-7-8-20-36(34)40(35)38/h1-24H,25H2. The van der Waals surface area contributed by atoms with Crippen molar-refractivity contribution in [3.8, 4) is 50.2 Å². The lowest BCUT2D eigenvalue weighted by atomic mass is 9.86. The lowest BCUT2D eigenvalue weighted by Crippen LogP contribution is -2.05. The Morgan fingerprint density at radius 1 is 0.512 bits per heavy atom. The molecule has 0 N–H and O–H groups in total. The number of nitrogens with zero attached hydrogens (tertiary/aromatic N) is 2. The maximum atomic E-state index is 4.87. The minimum atomic E-state index is 0.918. The summed E-state index contributed by atoms with van der Waals surface area (Å²) in [5, 5.41) is 1.07. The van der Waals surface area contributed by atoms with E-state index >= 15 is 0 Å². The molecule has 41 heavy (non-hydrogen) atoms. The highest BCUT2D eigenvalue weighted by Crippen LogP contribution is 2.42. The number of rotatable bonds is 4. The van der Waals surface area contributed by atoms with Gasteiger partial charge in [-0.25, -0.2) is 4.98 Å². The predicted molar refractivity (Wildman–Crippen MR) is 172 cm³/mol. The van der Waals surface area contributed by atoms with Gasteiger partial charge in [0.15, 0.2) is 5.16 Å². The van der Waals surface area contributed by atoms with E-state index in [1.165, 1.54) is 55.8 Å². The molecular weight excluding hydrogens is 516 g/mol. The zero-order valence-corrected chi connectivity index (χ0v) is 23.2. The second kappa shape index (κ2) is 9.96. The third kappa shape index (κ3) is 4.18. The molecule has 1 aliphatic rings. The van der Waals surface area contributed by atoms with Crippen LogP contribution in [0.5, 0.6) is 0 Å². The first-order valence-corrected chi connectivity index (χ1v) is 14.9. The van der Waals surface area contributed by atoms with Crippen LogP contribution in [-0.2, 0) is 5.75 Å². The molecular formula is C38H26N2S. The van der Waals surface area contributed by atoms with Crippen LogP contribution >= 0.6 is 11.8 Å². The van der Waals surface area contributed by atoms with Crippen LogP contribution in [0.2, 0.25) is 0 Å². The first-order valence-electron chi connectivity index (χ1n) is 13.9. The fourth-order valence-corrected chi connectivity index (χ4v) is 7.01. The number of benzene rings is 6. The smallest absolute Gasteiger partial charge is 0.174 e. The van der Waals surface area contributed by atoms with Crippen molar-refractivity contribution in [2.24, 2.45) is 0 Å². The van der Waals surface area contributed by atoms with Crippen LogP contribution in [0.3, 0.4) is 0 Å². The molecule has 194 valence electrons. The zero-order chi connectivity index (χ0) is 27.2. The van der Waals surface area contributed by atoms with Crippen LogP contribution in [0.15, 0.2) is 151 Å². The molecule has 2 heterocycles. The number of fused-ring (bicyclic) bond motifs is 5. The first kappa shape index (κ1) is 24.0. The van der Waals surface area contributed by atoms with E-state index in [-0.39, 0.29) is 0 Å². The van der Waals surface area contributed by atoms with Crippen molar-refractivity contribution >= 4 is 22.8 Å². The van der Waals surface area contributed by atoms with Crippen LogP contribution in [0.4, 0.5) is 0 Å². The molecule has 1 aliphatic heterocycles. The van der Waals surface area contributed by atoms with Gasteiger partial charge in [-0.2, -0.15) is 0 Å². The molecule has 0 aliphatic carbocycles. The van der Waals surface area contributed by atoms with E-state index in [4.69, 9.17) is 4.98 Å². The Labute approximate surface area is 244 Å². The van der Waals surface area contributed by atoms with Gasteiger partial charge >= 0.3 is 0 Å². The molecule has 0 saturated carbocycles. The van der Waals surface area contributed by atoms with Crippen LogP contribution in [0, 0.1) is 0 Å². The summed E-state index contributed by atoms with van der Waals surface area (Å²) in [6.07, 6.45) is 0. The summed E-state index contributed by atoms with van der Waals surface area (Å²) in [6.45, 7) is 0. The van der Waals surface area contributed by atoms with Crippen LogP contribution in [0.1, 0.15) is 5.56 Å². The van der Waals surface area contributed by atoms with Gasteiger partial charge in [-0.05, 0) is 80.4 Å². The first-order chi connectivity index (χ1) is 20.3. The Kier molecular flexibility index (Phi) is 5.82. The average molecular weight is 543 g/mol. The molecule has 0 radical (unpaired) electrons. The van der Waals surface area contributed by atoms with E-state index in [1.54, 1.807) is 0 Å². The van der Waals surface area contributed by atoms with Crippen molar-refractivity contribution in [2.45, 2.75) is 10.9 Å². The van der Waals surface area contributed by atoms with Gasteiger partial charge in [0.1, 0.15) is 0 Å². The highest BCUT2D eigenvalue weighted by molar-refractivity contribution is 7.98. The number of hydrogen-bond acceptors (Lipinski definition) is 2. The van der Waals surface area contributed by atoms with Gasteiger partial charge in [0.05, 0.1) is 16.7 Å². The van der Waals surface area contributed by atoms with Crippen molar-refractivity contribution in [3.63, 3.8) is 0 Å². The molecule has 7 aromatic rings. The molecule has 0 atom stereocenters. The second-order valence-corrected chi connectivity index (χ2v) is 11.3. The quantitative estimate of drug-likeness (QED) is 0.220. The van der Waals surface area contributed by atoms with Gasteiger partial charge in [0, 0.05) is 5.75 Å². The minimum absolute atomic E-state index is 0.918. The molecule has 0 fully saturated rings. The number of thioether (sulfide) groups is 1. The number of hydrogen-bond donors (Lipinski definition) is 0. The Morgan fingerprint density at radius 3 is 1.88 bits per heavy atom. The lowest BCUT2D eigenvalue weighted by molar-refractivity contribution is 0.895. The van der Waals surface area contributed by atoms with Crippen LogP contribution < -0.4 is 0 Å². The van der Waals surface area contributed by atoms with E-state index in [2.05, 4.69) is 150 Å². The summed E-state index contributed by atoms with van der Waals surface area (Å²) in [5.41, 5.74) is 14.6. The second-order valence-electron chi connectivity index (χ2n) is 10.4. The third-order valence-corrected chi connectivity index (χ3v) is 8.91. The van der Waals surface area contributed by atoms with E-state index in [9.17, 15) is 0 Å². The van der Waals surface area contributed by atoms with Crippen LogP contribution in [-0.4, -0.2) is 9.55 Å². The van der Waals surface area contributed by atoms with Crippen molar-refractivity contribution in [1.29, 1.82) is 0 Å². The topological polar surface area (TPSA) is 17.8 Å². The number of imidazole rings is 1. The maximum absolute atomic E-state index is 4.87. The Hall–Kier alpha value is -4.86. The zero-order valence-electron chi connectivity index (χ0n) is 22.4. The molecule has 2 nitrogen and oxygen atoms in total. The normalized spacial score (nSPS) is 12.2. The lowest BCUT2D eigenvalue weighted by Gasteiger charge is -2.20. The molecule has 1 aromatic heterocycles. The monoisotopic (exact) mass is 542 g/mol. The Balaban J connectivity index is 1.27. The van der Waals surface area contributed by atoms with E-state index in [1.807, 2.05) is 11.8 Å². The van der Waals surface area contributed by atoms with Gasteiger partial charge in [0.2, 0.25) is 0 Å². The van der Waals surface area contributed by atoms with Gasteiger partial charge in [-0.15, -0.1) is 0 Å². The van der Waals surface area contributed by atoms with E-state index in [0.29, 0.717) is 0 Å². The van der Waals surface area contributed by atoms with E-state index in [0.717, 1.165) is 21.9 Å². The minimum Gasteiger partial charge on any atom is -0.287 e. The summed E-state index contributed by atoms with van der Waals surface area (Å²) >= 11 is 1.81. The van der Waals surface area contributed by atoms with Crippen molar-refractivity contribution in [1.82, 2.24) is 9.55 Å². The summed E-state index contributed by atoms with van der Waals surface area (Å²) in [5.74, 6) is 0.918. The molecule has 8 rings (SSSR count). The predicted octanol–water partition coefficient (Wildman–Crippen LogP) is 10.3. The SMILES string of the molecule is c1ccc(-c2cccc(-c3ccccc3)c2-c2cccc(-c3ccc4c(c3)CSc3nc5ccccc5n3-4)c2)cc1. The molecule has 0 bridgehead atoms. The van der Waals surface area contributed by atoms with Gasteiger partial charge in [-0.1, -0.05) is 127 Å². The molecule has 6 aromatic carbocycles. The van der Waals surface area contributed by atoms with Crippen molar-refractivity contribution in [2.75, 3.05) is 0 Å². The molecule has 3 heteroatoms. The average Bonchev–Trinajstić information content (AvgIpc) is 3.44. The fourth-order valence-electron chi connectivity index (χ4n) is 6.01. The molecule has 0 unspecified atom stereocenters. The molecule has 0 spiro atoms. The van der Waals surface area contributed by atoms with E-state index < -0.39 is 0 Å². The highest BCUT2D eigenvalue weighted by Gasteiger charge is 2.21.